The average molecular weight is 525 g/mol. The summed E-state index contributed by atoms with van der Waals surface area (Å²) in [5.74, 6) is -0.315. The van der Waals surface area contributed by atoms with E-state index in [0.717, 1.165) is 27.1 Å². The Kier molecular flexibility index (Phi) is 8.17. The molecule has 0 unspecified atom stereocenters. The summed E-state index contributed by atoms with van der Waals surface area (Å²) in [5.41, 5.74) is 2.29. The third-order valence-corrected chi connectivity index (χ3v) is 6.89. The van der Waals surface area contributed by atoms with E-state index in [9.17, 15) is 14.4 Å². The number of nitrogens with zero attached hydrogens (tertiary/aromatic N) is 1. The van der Waals surface area contributed by atoms with Crippen LogP contribution in [0.4, 0.5) is 10.5 Å². The van der Waals surface area contributed by atoms with Crippen LogP contribution in [-0.4, -0.2) is 34.8 Å². The number of ether oxygens (including phenoxy) is 1. The van der Waals surface area contributed by atoms with Gasteiger partial charge in [0.15, 0.2) is 0 Å². The highest BCUT2D eigenvalue weighted by atomic mass is 35.5. The minimum Gasteiger partial charge on any atom is -0.489 e. The number of halogens is 1. The van der Waals surface area contributed by atoms with Gasteiger partial charge in [0.2, 0.25) is 5.91 Å². The van der Waals surface area contributed by atoms with Crippen LogP contribution in [0.5, 0.6) is 5.75 Å². The molecule has 0 aliphatic carbocycles. The smallest absolute Gasteiger partial charge is 0.294 e. The van der Waals surface area contributed by atoms with Crippen LogP contribution in [0, 0.1) is 0 Å². The van der Waals surface area contributed by atoms with E-state index in [-0.39, 0.29) is 11.4 Å². The van der Waals surface area contributed by atoms with Crippen molar-refractivity contribution in [1.82, 2.24) is 4.90 Å². The van der Waals surface area contributed by atoms with Crippen LogP contribution >= 0.6 is 35.1 Å². The van der Waals surface area contributed by atoms with E-state index < -0.39 is 17.1 Å². The van der Waals surface area contributed by atoms with Crippen LogP contribution in [0.25, 0.3) is 6.08 Å². The maximum Gasteiger partial charge on any atom is 0.294 e. The molecule has 0 saturated carbocycles. The highest BCUT2D eigenvalue weighted by Gasteiger charge is 2.36. The molecule has 178 valence electrons. The highest BCUT2D eigenvalue weighted by Crippen LogP contribution is 2.32. The fourth-order valence-electron chi connectivity index (χ4n) is 3.27. The van der Waals surface area contributed by atoms with E-state index in [0.29, 0.717) is 28.6 Å². The molecule has 1 saturated heterocycles. The van der Waals surface area contributed by atoms with Gasteiger partial charge < -0.3 is 10.1 Å². The normalized spacial score (nSPS) is 14.5. The van der Waals surface area contributed by atoms with Crippen molar-refractivity contribution in [2.24, 2.45) is 0 Å². The largest absolute Gasteiger partial charge is 0.489 e. The van der Waals surface area contributed by atoms with Crippen molar-refractivity contribution < 1.29 is 19.1 Å². The molecule has 0 radical (unpaired) electrons. The van der Waals surface area contributed by atoms with Crippen molar-refractivity contribution in [3.05, 3.63) is 93.9 Å². The van der Waals surface area contributed by atoms with E-state index in [2.05, 4.69) is 5.32 Å². The number of nitrogens with one attached hydrogen (secondary N) is 1. The number of rotatable bonds is 8. The molecule has 0 spiro atoms. The van der Waals surface area contributed by atoms with E-state index in [1.165, 1.54) is 0 Å². The zero-order chi connectivity index (χ0) is 24.8. The van der Waals surface area contributed by atoms with Gasteiger partial charge in [0, 0.05) is 15.6 Å². The lowest BCUT2D eigenvalue weighted by Crippen LogP contribution is -2.36. The number of carbonyl (C=O) groups is 3. The topological polar surface area (TPSA) is 75.7 Å². The lowest BCUT2D eigenvalue weighted by Gasteiger charge is -2.12. The highest BCUT2D eigenvalue weighted by molar-refractivity contribution is 8.18. The molecule has 3 amide bonds. The molecular weight excluding hydrogens is 504 g/mol. The van der Waals surface area contributed by atoms with Gasteiger partial charge in [-0.1, -0.05) is 41.9 Å². The summed E-state index contributed by atoms with van der Waals surface area (Å²) in [6, 6.07) is 21.9. The summed E-state index contributed by atoms with van der Waals surface area (Å²) >= 11 is 8.27. The fraction of sp³-hybridized carbons (Fsp3) is 0.115. The molecule has 4 rings (SSSR count). The van der Waals surface area contributed by atoms with Gasteiger partial charge in [-0.25, -0.2) is 0 Å². The number of imide groups is 1. The van der Waals surface area contributed by atoms with Gasteiger partial charge in [-0.15, -0.1) is 11.8 Å². The summed E-state index contributed by atoms with van der Waals surface area (Å²) in [5, 5.41) is 2.91. The minimum atomic E-state index is -0.500. The van der Waals surface area contributed by atoms with Gasteiger partial charge in [-0.05, 0) is 77.7 Å². The second kappa shape index (κ2) is 11.5. The molecule has 0 bridgehead atoms. The second-order valence-electron chi connectivity index (χ2n) is 7.54. The lowest BCUT2D eigenvalue weighted by molar-refractivity contribution is -0.127. The average Bonchev–Trinajstić information content (AvgIpc) is 3.11. The quantitative estimate of drug-likeness (QED) is 0.274. The first-order valence-corrected chi connectivity index (χ1v) is 13.0. The van der Waals surface area contributed by atoms with Crippen molar-refractivity contribution in [3.8, 4) is 5.75 Å². The molecule has 1 N–H and O–H groups in total. The molecule has 1 fully saturated rings. The molecular formula is C26H21ClN2O4S2. The summed E-state index contributed by atoms with van der Waals surface area (Å²) in [6.45, 7) is 0.0157. The SMILES string of the molecule is CSc1cccc(NC(=O)CN2C(=O)S/C(=C/c3cccc(OCc4ccc(Cl)cc4)c3)C2=O)c1. The number of hydrogen-bond donors (Lipinski definition) is 1. The molecule has 3 aromatic carbocycles. The number of anilines is 1. The standard InChI is InChI=1S/C26H21ClN2O4S2/c1-34-22-7-3-5-20(14-22)28-24(30)15-29-25(31)23(35-26(29)32)13-18-4-2-6-21(12-18)33-16-17-8-10-19(27)11-9-17/h2-14H,15-16H2,1H3,(H,28,30)/b23-13+. The molecule has 0 aromatic heterocycles. The van der Waals surface area contributed by atoms with Crippen LogP contribution in [0.1, 0.15) is 11.1 Å². The number of amides is 3. The molecule has 6 nitrogen and oxygen atoms in total. The third kappa shape index (κ3) is 6.69. The number of thioether (sulfide) groups is 2. The maximum absolute atomic E-state index is 12.8. The van der Waals surface area contributed by atoms with Crippen molar-refractivity contribution in [2.75, 3.05) is 18.1 Å². The van der Waals surface area contributed by atoms with Crippen LogP contribution in [0.3, 0.4) is 0 Å². The van der Waals surface area contributed by atoms with Crippen molar-refractivity contribution in [3.63, 3.8) is 0 Å². The van der Waals surface area contributed by atoms with Gasteiger partial charge in [0.25, 0.3) is 11.1 Å². The van der Waals surface area contributed by atoms with E-state index >= 15 is 0 Å². The van der Waals surface area contributed by atoms with Crippen LogP contribution < -0.4 is 10.1 Å². The predicted molar refractivity (Wildman–Crippen MR) is 142 cm³/mol. The number of benzene rings is 3. The van der Waals surface area contributed by atoms with Crippen LogP contribution in [0.15, 0.2) is 82.6 Å². The summed E-state index contributed by atoms with van der Waals surface area (Å²) in [6.07, 6.45) is 3.56. The number of hydrogen-bond acceptors (Lipinski definition) is 6. The first-order valence-electron chi connectivity index (χ1n) is 10.6. The Morgan fingerprint density at radius 3 is 2.63 bits per heavy atom. The summed E-state index contributed by atoms with van der Waals surface area (Å²) in [4.78, 5) is 39.9. The van der Waals surface area contributed by atoms with Gasteiger partial charge >= 0.3 is 0 Å². The van der Waals surface area contributed by atoms with Crippen molar-refractivity contribution in [2.45, 2.75) is 11.5 Å². The lowest BCUT2D eigenvalue weighted by atomic mass is 10.2. The van der Waals surface area contributed by atoms with Gasteiger partial charge in [-0.2, -0.15) is 0 Å². The Balaban J connectivity index is 1.39. The Bertz CT molecular complexity index is 1290. The van der Waals surface area contributed by atoms with Crippen LogP contribution in [0.2, 0.25) is 5.02 Å². The van der Waals surface area contributed by atoms with E-state index in [1.807, 2.05) is 54.8 Å². The van der Waals surface area contributed by atoms with E-state index in [1.54, 1.807) is 42.1 Å². The Morgan fingerprint density at radius 1 is 1.09 bits per heavy atom. The first kappa shape index (κ1) is 24.9. The Labute approximate surface area is 216 Å². The maximum atomic E-state index is 12.8. The second-order valence-corrected chi connectivity index (χ2v) is 9.84. The van der Waals surface area contributed by atoms with Gasteiger partial charge in [0.05, 0.1) is 4.91 Å². The molecule has 3 aromatic rings. The molecule has 35 heavy (non-hydrogen) atoms. The number of carbonyl (C=O) groups excluding carboxylic acids is 3. The van der Waals surface area contributed by atoms with Crippen molar-refractivity contribution >= 4 is 63.9 Å². The van der Waals surface area contributed by atoms with E-state index in [4.69, 9.17) is 16.3 Å². The van der Waals surface area contributed by atoms with Gasteiger partial charge in [0.1, 0.15) is 18.9 Å². The molecule has 0 atom stereocenters. The zero-order valence-corrected chi connectivity index (χ0v) is 21.1. The predicted octanol–water partition coefficient (Wildman–Crippen LogP) is 6.32. The van der Waals surface area contributed by atoms with Crippen LogP contribution in [-0.2, 0) is 16.2 Å². The molecule has 1 aliphatic rings. The van der Waals surface area contributed by atoms with Crippen molar-refractivity contribution in [1.29, 1.82) is 0 Å². The first-order chi connectivity index (χ1) is 16.9. The molecule has 1 heterocycles. The third-order valence-electron chi connectivity index (χ3n) is 5.00. The Morgan fingerprint density at radius 2 is 1.86 bits per heavy atom. The zero-order valence-electron chi connectivity index (χ0n) is 18.7. The van der Waals surface area contributed by atoms with Gasteiger partial charge in [-0.3, -0.25) is 19.3 Å². The summed E-state index contributed by atoms with van der Waals surface area (Å²) in [7, 11) is 0. The Hall–Kier alpha value is -3.20. The fourth-order valence-corrected chi connectivity index (χ4v) is 4.70. The molecule has 9 heteroatoms. The summed E-state index contributed by atoms with van der Waals surface area (Å²) < 4.78 is 5.84. The minimum absolute atomic E-state index is 0.252. The monoisotopic (exact) mass is 524 g/mol. The molecule has 1 aliphatic heterocycles.